The Kier molecular flexibility index (Phi) is 5.15. The van der Waals surface area contributed by atoms with Crippen molar-refractivity contribution < 1.29 is 4.74 Å². The highest BCUT2D eigenvalue weighted by Gasteiger charge is 2.27. The Morgan fingerprint density at radius 3 is 2.62 bits per heavy atom. The normalized spacial score (nSPS) is 23.8. The lowest BCUT2D eigenvalue weighted by atomic mass is 9.84. The maximum atomic E-state index is 6.48. The Morgan fingerprint density at radius 2 is 1.88 bits per heavy atom. The second-order valence-corrected chi connectivity index (χ2v) is 8.26. The highest BCUT2D eigenvalue weighted by atomic mass is 35.5. The van der Waals surface area contributed by atoms with E-state index in [0.29, 0.717) is 11.1 Å². The van der Waals surface area contributed by atoms with Crippen LogP contribution in [0.4, 0.5) is 5.69 Å². The third kappa shape index (κ3) is 3.46. The number of halogens is 2. The summed E-state index contributed by atoms with van der Waals surface area (Å²) >= 11 is 12.8. The van der Waals surface area contributed by atoms with E-state index in [-0.39, 0.29) is 5.92 Å². The lowest BCUT2D eigenvalue weighted by molar-refractivity contribution is 0.0989. The van der Waals surface area contributed by atoms with Crippen LogP contribution in [-0.2, 0) is 11.3 Å². The number of likely N-dealkylation sites (N-methyl/N-ethyl adjacent to an activating group) is 1. The van der Waals surface area contributed by atoms with Crippen LogP contribution >= 0.6 is 23.2 Å². The average Bonchev–Trinajstić information content (AvgIpc) is 2.62. The number of benzene rings is 2. The Labute approximate surface area is 165 Å². The minimum absolute atomic E-state index is 0.288. The number of rotatable bonds is 2. The molecule has 2 aliphatic heterocycles. The van der Waals surface area contributed by atoms with E-state index in [4.69, 9.17) is 27.9 Å². The van der Waals surface area contributed by atoms with Crippen molar-refractivity contribution in [2.75, 3.05) is 38.3 Å². The van der Waals surface area contributed by atoms with Crippen LogP contribution in [0.2, 0.25) is 10.0 Å². The summed E-state index contributed by atoms with van der Waals surface area (Å²) in [6.07, 6.45) is 0. The molecule has 26 heavy (non-hydrogen) atoms. The van der Waals surface area contributed by atoms with Gasteiger partial charge in [0.2, 0.25) is 0 Å². The van der Waals surface area contributed by atoms with Gasteiger partial charge in [-0.15, -0.1) is 0 Å². The fourth-order valence-electron chi connectivity index (χ4n) is 4.14. The van der Waals surface area contributed by atoms with E-state index in [1.807, 2.05) is 6.07 Å². The number of hydrogen-bond donors (Lipinski definition) is 0. The first-order chi connectivity index (χ1) is 12.5. The zero-order chi connectivity index (χ0) is 18.3. The topological polar surface area (TPSA) is 15.7 Å². The van der Waals surface area contributed by atoms with Crippen LogP contribution < -0.4 is 4.90 Å². The Hall–Kier alpha value is -1.26. The molecule has 1 fully saturated rings. The summed E-state index contributed by atoms with van der Waals surface area (Å²) < 4.78 is 5.55. The molecule has 0 bridgehead atoms. The molecule has 0 N–H and O–H groups in total. The van der Waals surface area contributed by atoms with Crippen LogP contribution in [0.25, 0.3) is 0 Å². The molecule has 2 heterocycles. The zero-order valence-electron chi connectivity index (χ0n) is 15.2. The monoisotopic (exact) mass is 390 g/mol. The van der Waals surface area contributed by atoms with Crippen molar-refractivity contribution in [1.82, 2.24) is 4.90 Å². The standard InChI is InChI=1S/C21H24Cl2N2O/c1-14-13-26-8-7-25(14)17-5-3-15(4-6-17)19-11-24(2)12-20-18(19)9-16(22)10-21(20)23/h3-6,9-10,14,19H,7-8,11-13H2,1-2H3. The summed E-state index contributed by atoms with van der Waals surface area (Å²) in [5, 5.41) is 1.48. The maximum absolute atomic E-state index is 6.48. The minimum Gasteiger partial charge on any atom is -0.377 e. The molecule has 0 amide bonds. The van der Waals surface area contributed by atoms with Gasteiger partial charge in [-0.1, -0.05) is 35.3 Å². The van der Waals surface area contributed by atoms with Crippen molar-refractivity contribution in [2.45, 2.75) is 25.4 Å². The molecule has 2 unspecified atom stereocenters. The highest BCUT2D eigenvalue weighted by molar-refractivity contribution is 6.35. The predicted octanol–water partition coefficient (Wildman–Crippen LogP) is 4.80. The first kappa shape index (κ1) is 18.1. The molecule has 2 aromatic carbocycles. The number of ether oxygens (including phenoxy) is 1. The largest absolute Gasteiger partial charge is 0.377 e. The van der Waals surface area contributed by atoms with Crippen LogP contribution in [0.5, 0.6) is 0 Å². The lowest BCUT2D eigenvalue weighted by Gasteiger charge is -2.36. The number of fused-ring (bicyclic) bond motifs is 1. The van der Waals surface area contributed by atoms with E-state index in [0.717, 1.165) is 37.9 Å². The van der Waals surface area contributed by atoms with E-state index < -0.39 is 0 Å². The molecule has 2 aromatic rings. The summed E-state index contributed by atoms with van der Waals surface area (Å²) in [4.78, 5) is 4.74. The van der Waals surface area contributed by atoms with Crippen molar-refractivity contribution in [3.05, 3.63) is 63.1 Å². The molecule has 0 aliphatic carbocycles. The van der Waals surface area contributed by atoms with Crippen LogP contribution in [0.15, 0.2) is 36.4 Å². The number of anilines is 1. The van der Waals surface area contributed by atoms with Gasteiger partial charge in [0.25, 0.3) is 0 Å². The smallest absolute Gasteiger partial charge is 0.0668 e. The third-order valence-corrected chi connectivity index (χ3v) is 6.04. The van der Waals surface area contributed by atoms with Gasteiger partial charge in [-0.2, -0.15) is 0 Å². The van der Waals surface area contributed by atoms with E-state index in [1.165, 1.54) is 22.4 Å². The van der Waals surface area contributed by atoms with E-state index in [1.54, 1.807) is 0 Å². The van der Waals surface area contributed by atoms with Gasteiger partial charge in [0.1, 0.15) is 0 Å². The van der Waals surface area contributed by atoms with Gasteiger partial charge in [0.05, 0.1) is 13.2 Å². The molecule has 0 aromatic heterocycles. The van der Waals surface area contributed by atoms with Gasteiger partial charge in [0.15, 0.2) is 0 Å². The van der Waals surface area contributed by atoms with Gasteiger partial charge >= 0.3 is 0 Å². The highest BCUT2D eigenvalue weighted by Crippen LogP contribution is 2.38. The number of morpholine rings is 1. The molecular formula is C21H24Cl2N2O. The van der Waals surface area contributed by atoms with Crippen LogP contribution in [0.3, 0.4) is 0 Å². The number of nitrogens with zero attached hydrogens (tertiary/aromatic N) is 2. The Morgan fingerprint density at radius 1 is 1.12 bits per heavy atom. The Balaban J connectivity index is 1.66. The van der Waals surface area contributed by atoms with Crippen LogP contribution in [0, 0.1) is 0 Å². The second kappa shape index (κ2) is 7.40. The minimum atomic E-state index is 0.288. The average molecular weight is 391 g/mol. The molecule has 1 saturated heterocycles. The third-order valence-electron chi connectivity index (χ3n) is 5.49. The summed E-state index contributed by atoms with van der Waals surface area (Å²) in [5.41, 5.74) is 5.02. The molecule has 0 saturated carbocycles. The first-order valence-electron chi connectivity index (χ1n) is 9.13. The molecule has 0 radical (unpaired) electrons. The molecule has 4 rings (SSSR count). The van der Waals surface area contributed by atoms with Gasteiger partial charge in [-0.25, -0.2) is 0 Å². The fourth-order valence-corrected chi connectivity index (χ4v) is 4.71. The SMILES string of the molecule is CC1COCCN1c1ccc(C2CN(C)Cc3c(Cl)cc(Cl)cc32)cc1. The molecule has 5 heteroatoms. The van der Waals surface area contributed by atoms with Crippen LogP contribution in [0.1, 0.15) is 29.5 Å². The molecule has 3 nitrogen and oxygen atoms in total. The van der Waals surface area contributed by atoms with Crippen molar-refractivity contribution >= 4 is 28.9 Å². The molecule has 0 spiro atoms. The molecule has 138 valence electrons. The Bertz CT molecular complexity index is 793. The van der Waals surface area contributed by atoms with Gasteiger partial charge in [0, 0.05) is 47.3 Å². The zero-order valence-corrected chi connectivity index (χ0v) is 16.7. The maximum Gasteiger partial charge on any atom is 0.0668 e. The van der Waals surface area contributed by atoms with Crippen molar-refractivity contribution in [2.24, 2.45) is 0 Å². The lowest BCUT2D eigenvalue weighted by Crippen LogP contribution is -2.43. The molecule has 2 atom stereocenters. The van der Waals surface area contributed by atoms with Crippen molar-refractivity contribution in [3.8, 4) is 0 Å². The van der Waals surface area contributed by atoms with E-state index in [9.17, 15) is 0 Å². The summed E-state index contributed by atoms with van der Waals surface area (Å²) in [6, 6.07) is 13.3. The fraction of sp³-hybridized carbons (Fsp3) is 0.429. The van der Waals surface area contributed by atoms with Gasteiger partial charge < -0.3 is 14.5 Å². The first-order valence-corrected chi connectivity index (χ1v) is 9.89. The van der Waals surface area contributed by atoms with Gasteiger partial charge in [-0.3, -0.25) is 0 Å². The van der Waals surface area contributed by atoms with E-state index >= 15 is 0 Å². The molecule has 2 aliphatic rings. The van der Waals surface area contributed by atoms with Gasteiger partial charge in [-0.05, 0) is 54.9 Å². The summed E-state index contributed by atoms with van der Waals surface area (Å²) in [5.74, 6) is 0.288. The molecular weight excluding hydrogens is 367 g/mol. The quantitative estimate of drug-likeness (QED) is 0.732. The van der Waals surface area contributed by atoms with Crippen LogP contribution in [-0.4, -0.2) is 44.3 Å². The summed E-state index contributed by atoms with van der Waals surface area (Å²) in [6.45, 7) is 6.58. The van der Waals surface area contributed by atoms with E-state index in [2.05, 4.69) is 54.1 Å². The predicted molar refractivity (Wildman–Crippen MR) is 109 cm³/mol. The second-order valence-electron chi connectivity index (χ2n) is 7.41. The number of hydrogen-bond acceptors (Lipinski definition) is 3. The van der Waals surface area contributed by atoms with Crippen molar-refractivity contribution in [3.63, 3.8) is 0 Å². The van der Waals surface area contributed by atoms with Crippen molar-refractivity contribution in [1.29, 1.82) is 0 Å². The summed E-state index contributed by atoms with van der Waals surface area (Å²) in [7, 11) is 2.14.